The molecular formula is C18H15FN4O. The fourth-order valence-corrected chi connectivity index (χ4v) is 3.99. The zero-order valence-electron chi connectivity index (χ0n) is 13.0. The molecule has 2 aliphatic rings. The minimum Gasteiger partial charge on any atom is -0.364 e. The van der Waals surface area contributed by atoms with Crippen molar-refractivity contribution in [1.82, 2.24) is 14.5 Å². The molecule has 2 N–H and O–H groups in total. The van der Waals surface area contributed by atoms with E-state index in [1.54, 1.807) is 6.07 Å². The first-order valence-corrected chi connectivity index (χ1v) is 8.00. The Hall–Kier alpha value is -2.76. The molecule has 0 bridgehead atoms. The van der Waals surface area contributed by atoms with Crippen molar-refractivity contribution in [3.8, 4) is 11.1 Å². The summed E-state index contributed by atoms with van der Waals surface area (Å²) in [5.74, 6) is 2.04. The number of carbonyl (C=O) groups is 1. The number of imidazole rings is 1. The minimum atomic E-state index is -0.598. The number of hydrogen-bond acceptors (Lipinski definition) is 3. The second-order valence-corrected chi connectivity index (χ2v) is 6.75. The van der Waals surface area contributed by atoms with Crippen LogP contribution < -0.4 is 5.73 Å². The average molecular weight is 322 g/mol. The molecule has 2 unspecified atom stereocenters. The number of primary amides is 1. The van der Waals surface area contributed by atoms with E-state index in [-0.39, 0.29) is 11.5 Å². The molecule has 24 heavy (non-hydrogen) atoms. The van der Waals surface area contributed by atoms with E-state index in [1.807, 2.05) is 6.07 Å². The number of hydrogen-bond donors (Lipinski definition) is 1. The molecule has 120 valence electrons. The van der Waals surface area contributed by atoms with E-state index in [0.717, 1.165) is 17.9 Å². The highest BCUT2D eigenvalue weighted by atomic mass is 19.1. The predicted octanol–water partition coefficient (Wildman–Crippen LogP) is 2.70. The summed E-state index contributed by atoms with van der Waals surface area (Å²) in [4.78, 5) is 19.8. The lowest BCUT2D eigenvalue weighted by Crippen LogP contribution is -2.12. The van der Waals surface area contributed by atoms with Crippen LogP contribution in [0.15, 0.2) is 30.5 Å². The summed E-state index contributed by atoms with van der Waals surface area (Å²) >= 11 is 0. The molecule has 1 fully saturated rings. The van der Waals surface area contributed by atoms with E-state index in [0.29, 0.717) is 34.4 Å². The zero-order valence-corrected chi connectivity index (χ0v) is 13.0. The van der Waals surface area contributed by atoms with Crippen LogP contribution in [0.1, 0.15) is 29.2 Å². The van der Waals surface area contributed by atoms with E-state index >= 15 is 0 Å². The Bertz CT molecular complexity index is 1010. The maximum Gasteiger partial charge on any atom is 0.267 e. The number of carbonyl (C=O) groups excluding carboxylic acids is 1. The van der Waals surface area contributed by atoms with E-state index in [9.17, 15) is 9.18 Å². The van der Waals surface area contributed by atoms with Gasteiger partial charge >= 0.3 is 0 Å². The molecule has 1 amide bonds. The number of benzene rings is 1. The van der Waals surface area contributed by atoms with Crippen molar-refractivity contribution in [1.29, 1.82) is 0 Å². The second-order valence-electron chi connectivity index (χ2n) is 6.75. The van der Waals surface area contributed by atoms with E-state index in [4.69, 9.17) is 5.73 Å². The van der Waals surface area contributed by atoms with Gasteiger partial charge in [0.15, 0.2) is 0 Å². The predicted molar refractivity (Wildman–Crippen MR) is 86.8 cm³/mol. The third-order valence-electron chi connectivity index (χ3n) is 5.45. The monoisotopic (exact) mass is 322 g/mol. The summed E-state index contributed by atoms with van der Waals surface area (Å²) in [6.45, 7) is 3.21. The minimum absolute atomic E-state index is 0.166. The molecular weight excluding hydrogens is 307 g/mol. The first kappa shape index (κ1) is 13.7. The lowest BCUT2D eigenvalue weighted by Gasteiger charge is -2.07. The standard InChI is InChI=1S/C18H15FN4O/c1-8-11-7-23-15-4-10(9-2-3-13(17(20)24)21-6-9)12(19)5-14(15)22-18(23)16(8)11/h2-6,8,11,16H,7H2,1H3,(H2,20,24)/t8-,11?,16?/m0/s1. The molecule has 1 aliphatic heterocycles. The Morgan fingerprint density at radius 2 is 2.21 bits per heavy atom. The van der Waals surface area contributed by atoms with Crippen LogP contribution in [-0.4, -0.2) is 20.4 Å². The number of halogens is 1. The quantitative estimate of drug-likeness (QED) is 0.788. The molecule has 1 saturated carbocycles. The summed E-state index contributed by atoms with van der Waals surface area (Å²) in [5.41, 5.74) is 8.10. The number of pyridine rings is 1. The highest BCUT2D eigenvalue weighted by Gasteiger charge is 2.54. The molecule has 1 aliphatic carbocycles. The number of rotatable bonds is 2. The van der Waals surface area contributed by atoms with Crippen LogP contribution in [0.3, 0.4) is 0 Å². The summed E-state index contributed by atoms with van der Waals surface area (Å²) in [6.07, 6.45) is 1.48. The second kappa shape index (κ2) is 4.41. The molecule has 6 heteroatoms. The highest BCUT2D eigenvalue weighted by molar-refractivity contribution is 5.91. The van der Waals surface area contributed by atoms with Crippen molar-refractivity contribution in [2.45, 2.75) is 19.4 Å². The van der Waals surface area contributed by atoms with Gasteiger partial charge in [-0.3, -0.25) is 9.78 Å². The van der Waals surface area contributed by atoms with Crippen LogP contribution in [-0.2, 0) is 6.54 Å². The average Bonchev–Trinajstić information content (AvgIpc) is 2.90. The van der Waals surface area contributed by atoms with Gasteiger partial charge in [-0.1, -0.05) is 13.0 Å². The first-order valence-electron chi connectivity index (χ1n) is 8.00. The molecule has 2 aromatic heterocycles. The summed E-state index contributed by atoms with van der Waals surface area (Å²) in [6, 6.07) is 6.49. The van der Waals surface area contributed by atoms with Crippen LogP contribution in [0.5, 0.6) is 0 Å². The molecule has 3 atom stereocenters. The lowest BCUT2D eigenvalue weighted by molar-refractivity contribution is 0.0995. The van der Waals surface area contributed by atoms with Gasteiger partial charge in [0.1, 0.15) is 17.3 Å². The number of amides is 1. The van der Waals surface area contributed by atoms with Gasteiger partial charge in [0, 0.05) is 35.9 Å². The van der Waals surface area contributed by atoms with Crippen LogP contribution in [0.25, 0.3) is 22.2 Å². The molecule has 3 aromatic rings. The Kier molecular flexibility index (Phi) is 2.51. The number of fused-ring (bicyclic) bond motifs is 5. The van der Waals surface area contributed by atoms with Gasteiger partial charge in [-0.05, 0) is 24.0 Å². The van der Waals surface area contributed by atoms with Gasteiger partial charge < -0.3 is 10.3 Å². The van der Waals surface area contributed by atoms with Crippen molar-refractivity contribution in [3.05, 3.63) is 47.8 Å². The van der Waals surface area contributed by atoms with Crippen molar-refractivity contribution < 1.29 is 9.18 Å². The summed E-state index contributed by atoms with van der Waals surface area (Å²) in [7, 11) is 0. The summed E-state index contributed by atoms with van der Waals surface area (Å²) < 4.78 is 16.8. The van der Waals surface area contributed by atoms with Gasteiger partial charge in [-0.25, -0.2) is 9.37 Å². The fraction of sp³-hybridized carbons (Fsp3) is 0.278. The molecule has 5 nitrogen and oxygen atoms in total. The maximum atomic E-state index is 14.5. The number of nitrogens with two attached hydrogens (primary N) is 1. The Morgan fingerprint density at radius 3 is 2.92 bits per heavy atom. The Labute approximate surface area is 137 Å². The highest BCUT2D eigenvalue weighted by Crippen LogP contribution is 2.59. The Balaban J connectivity index is 1.64. The van der Waals surface area contributed by atoms with Gasteiger partial charge in [-0.15, -0.1) is 0 Å². The topological polar surface area (TPSA) is 73.8 Å². The molecule has 0 radical (unpaired) electrons. The molecule has 3 heterocycles. The Morgan fingerprint density at radius 1 is 1.38 bits per heavy atom. The number of nitrogens with zero attached hydrogens (tertiary/aromatic N) is 3. The van der Waals surface area contributed by atoms with Crippen LogP contribution in [0.4, 0.5) is 4.39 Å². The third kappa shape index (κ3) is 1.71. The van der Waals surface area contributed by atoms with Crippen LogP contribution in [0.2, 0.25) is 0 Å². The van der Waals surface area contributed by atoms with Crippen molar-refractivity contribution in [2.75, 3.05) is 0 Å². The van der Waals surface area contributed by atoms with Crippen molar-refractivity contribution in [2.24, 2.45) is 17.6 Å². The van der Waals surface area contributed by atoms with Gasteiger partial charge in [0.25, 0.3) is 5.91 Å². The summed E-state index contributed by atoms with van der Waals surface area (Å²) in [5, 5.41) is 0. The third-order valence-corrected chi connectivity index (χ3v) is 5.45. The van der Waals surface area contributed by atoms with Crippen LogP contribution >= 0.6 is 0 Å². The van der Waals surface area contributed by atoms with Gasteiger partial charge in [0.05, 0.1) is 11.0 Å². The first-order chi connectivity index (χ1) is 11.5. The SMILES string of the molecule is C[C@H]1C2Cn3c(nc4cc(F)c(-c5ccc(C(N)=O)nc5)cc43)C21. The lowest BCUT2D eigenvalue weighted by atomic mass is 10.1. The van der Waals surface area contributed by atoms with E-state index < -0.39 is 5.91 Å². The van der Waals surface area contributed by atoms with Gasteiger partial charge in [0.2, 0.25) is 0 Å². The van der Waals surface area contributed by atoms with E-state index in [2.05, 4.69) is 21.5 Å². The van der Waals surface area contributed by atoms with E-state index in [1.165, 1.54) is 18.3 Å². The smallest absolute Gasteiger partial charge is 0.267 e. The molecule has 0 saturated heterocycles. The maximum absolute atomic E-state index is 14.5. The fourth-order valence-electron chi connectivity index (χ4n) is 3.99. The van der Waals surface area contributed by atoms with Crippen molar-refractivity contribution in [3.63, 3.8) is 0 Å². The van der Waals surface area contributed by atoms with Crippen LogP contribution in [0, 0.1) is 17.7 Å². The molecule has 0 spiro atoms. The molecule has 1 aromatic carbocycles. The zero-order chi connectivity index (χ0) is 16.6. The number of aromatic nitrogens is 3. The normalized spacial score (nSPS) is 24.0. The largest absolute Gasteiger partial charge is 0.364 e. The molecule has 5 rings (SSSR count). The van der Waals surface area contributed by atoms with Gasteiger partial charge in [-0.2, -0.15) is 0 Å². The van der Waals surface area contributed by atoms with Crippen molar-refractivity contribution >= 4 is 16.9 Å².